The molecule has 0 N–H and O–H groups in total. The van der Waals surface area contributed by atoms with Crippen molar-refractivity contribution in [2.45, 2.75) is 12.7 Å². The number of nitrogens with zero attached hydrogens (tertiary/aromatic N) is 5. The summed E-state index contributed by atoms with van der Waals surface area (Å²) in [6.07, 6.45) is -0.613. The molecule has 0 aromatic carbocycles. The third kappa shape index (κ3) is 3.97. The quantitative estimate of drug-likeness (QED) is 0.802. The van der Waals surface area contributed by atoms with Crippen LogP contribution in [0.1, 0.15) is 11.3 Å². The van der Waals surface area contributed by atoms with Gasteiger partial charge in [0.15, 0.2) is 0 Å². The van der Waals surface area contributed by atoms with Gasteiger partial charge in [0.25, 0.3) is 0 Å². The summed E-state index contributed by atoms with van der Waals surface area (Å²) in [4.78, 5) is 15.1. The zero-order valence-electron chi connectivity index (χ0n) is 12.7. The molecule has 3 heterocycles. The van der Waals surface area contributed by atoms with Gasteiger partial charge < -0.3 is 4.90 Å². The van der Waals surface area contributed by atoms with Gasteiger partial charge in [-0.15, -0.1) is 0 Å². The maximum absolute atomic E-state index is 13.1. The van der Waals surface area contributed by atoms with Crippen LogP contribution in [-0.4, -0.2) is 46.0 Å². The Morgan fingerprint density at radius 3 is 2.50 bits per heavy atom. The van der Waals surface area contributed by atoms with Gasteiger partial charge in [0.1, 0.15) is 11.5 Å². The topological polar surface area (TPSA) is 45.2 Å². The number of pyridine rings is 1. The number of halogens is 4. The second-order valence-electron chi connectivity index (χ2n) is 5.51. The van der Waals surface area contributed by atoms with E-state index < -0.39 is 11.9 Å². The number of hydrogen-bond donors (Lipinski definition) is 0. The summed E-state index contributed by atoms with van der Waals surface area (Å²) in [7, 11) is 0. The van der Waals surface area contributed by atoms with Gasteiger partial charge in [-0.3, -0.25) is 9.88 Å². The van der Waals surface area contributed by atoms with Crippen LogP contribution in [0.15, 0.2) is 30.7 Å². The Labute approximate surface area is 136 Å². The van der Waals surface area contributed by atoms with Crippen LogP contribution < -0.4 is 4.90 Å². The number of rotatable bonds is 3. The molecule has 9 heteroatoms. The molecule has 24 heavy (non-hydrogen) atoms. The van der Waals surface area contributed by atoms with Gasteiger partial charge in [0, 0.05) is 45.1 Å². The zero-order valence-corrected chi connectivity index (χ0v) is 12.7. The lowest BCUT2D eigenvalue weighted by molar-refractivity contribution is -0.141. The van der Waals surface area contributed by atoms with Crippen molar-refractivity contribution in [3.63, 3.8) is 0 Å². The number of anilines is 1. The molecular formula is C15H15F4N5. The zero-order chi connectivity index (χ0) is 17.2. The lowest BCUT2D eigenvalue weighted by atomic mass is 10.2. The van der Waals surface area contributed by atoms with Gasteiger partial charge in [0.2, 0.25) is 5.95 Å². The molecule has 0 saturated carbocycles. The Morgan fingerprint density at radius 1 is 1.08 bits per heavy atom. The highest BCUT2D eigenvalue weighted by Gasteiger charge is 2.33. The summed E-state index contributed by atoms with van der Waals surface area (Å²) in [5, 5.41) is 0. The van der Waals surface area contributed by atoms with Crippen LogP contribution in [0.5, 0.6) is 0 Å². The fourth-order valence-corrected chi connectivity index (χ4v) is 2.57. The molecule has 0 unspecified atom stereocenters. The van der Waals surface area contributed by atoms with Gasteiger partial charge >= 0.3 is 6.18 Å². The van der Waals surface area contributed by atoms with E-state index in [9.17, 15) is 17.6 Å². The van der Waals surface area contributed by atoms with Crippen LogP contribution in [0.3, 0.4) is 0 Å². The third-order valence-electron chi connectivity index (χ3n) is 3.76. The molecule has 0 aliphatic carbocycles. The largest absolute Gasteiger partial charge is 0.433 e. The standard InChI is InChI=1S/C15H15F4N5/c16-12-7-11(8-20-9-12)10-23-3-5-24(6-4-23)14-21-2-1-13(22-14)15(17,18)19/h1-2,7-9H,3-6,10H2. The molecule has 0 radical (unpaired) electrons. The Kier molecular flexibility index (Phi) is 4.61. The van der Waals surface area contributed by atoms with Gasteiger partial charge in [-0.1, -0.05) is 0 Å². The minimum absolute atomic E-state index is 0.0805. The Morgan fingerprint density at radius 2 is 1.83 bits per heavy atom. The molecule has 1 fully saturated rings. The van der Waals surface area contributed by atoms with Crippen molar-refractivity contribution in [1.29, 1.82) is 0 Å². The first-order valence-corrected chi connectivity index (χ1v) is 7.39. The van der Waals surface area contributed by atoms with Crippen LogP contribution in [0.25, 0.3) is 0 Å². The van der Waals surface area contributed by atoms with Crippen molar-refractivity contribution in [1.82, 2.24) is 19.9 Å². The van der Waals surface area contributed by atoms with Crippen molar-refractivity contribution in [3.05, 3.63) is 47.8 Å². The minimum atomic E-state index is -4.48. The molecule has 128 valence electrons. The van der Waals surface area contributed by atoms with Crippen LogP contribution in [-0.2, 0) is 12.7 Å². The highest BCUT2D eigenvalue weighted by Crippen LogP contribution is 2.28. The number of piperazine rings is 1. The summed E-state index contributed by atoms with van der Waals surface area (Å²) >= 11 is 0. The fraction of sp³-hybridized carbons (Fsp3) is 0.400. The molecular weight excluding hydrogens is 326 g/mol. The third-order valence-corrected chi connectivity index (χ3v) is 3.76. The van der Waals surface area contributed by atoms with Crippen LogP contribution in [0.4, 0.5) is 23.5 Å². The monoisotopic (exact) mass is 341 g/mol. The highest BCUT2D eigenvalue weighted by atomic mass is 19.4. The van der Waals surface area contributed by atoms with Gasteiger partial charge in [-0.2, -0.15) is 13.2 Å². The molecule has 3 rings (SSSR count). The summed E-state index contributed by atoms with van der Waals surface area (Å²) < 4.78 is 51.3. The molecule has 0 bridgehead atoms. The number of aromatic nitrogens is 3. The van der Waals surface area contributed by atoms with E-state index in [2.05, 4.69) is 19.9 Å². The summed E-state index contributed by atoms with van der Waals surface area (Å²) in [6.45, 7) is 2.79. The first-order chi connectivity index (χ1) is 11.4. The van der Waals surface area contributed by atoms with E-state index in [-0.39, 0.29) is 11.8 Å². The van der Waals surface area contributed by atoms with Crippen molar-refractivity contribution in [2.24, 2.45) is 0 Å². The molecule has 2 aromatic rings. The normalized spacial score (nSPS) is 16.4. The second-order valence-corrected chi connectivity index (χ2v) is 5.51. The van der Waals surface area contributed by atoms with Crippen LogP contribution >= 0.6 is 0 Å². The molecule has 1 aliphatic rings. The summed E-state index contributed by atoms with van der Waals surface area (Å²) in [6, 6.07) is 2.28. The van der Waals surface area contributed by atoms with Gasteiger partial charge in [-0.05, 0) is 17.7 Å². The number of hydrogen-bond acceptors (Lipinski definition) is 5. The first kappa shape index (κ1) is 16.6. The Balaban J connectivity index is 1.61. The van der Waals surface area contributed by atoms with E-state index in [1.807, 2.05) is 0 Å². The average Bonchev–Trinajstić information content (AvgIpc) is 2.55. The van der Waals surface area contributed by atoms with Gasteiger partial charge in [0.05, 0.1) is 6.20 Å². The predicted octanol–water partition coefficient (Wildman–Crippen LogP) is 2.35. The maximum atomic E-state index is 13.1. The second kappa shape index (κ2) is 6.68. The fourth-order valence-electron chi connectivity index (χ4n) is 2.57. The first-order valence-electron chi connectivity index (χ1n) is 7.39. The van der Waals surface area contributed by atoms with Crippen LogP contribution in [0.2, 0.25) is 0 Å². The minimum Gasteiger partial charge on any atom is -0.338 e. The van der Waals surface area contributed by atoms with Crippen molar-refractivity contribution >= 4 is 5.95 Å². The molecule has 0 spiro atoms. The summed E-state index contributed by atoms with van der Waals surface area (Å²) in [5.74, 6) is -0.305. The Hall–Kier alpha value is -2.29. The Bertz CT molecular complexity index is 698. The van der Waals surface area contributed by atoms with E-state index in [0.29, 0.717) is 32.7 Å². The molecule has 0 amide bonds. The van der Waals surface area contributed by atoms with Gasteiger partial charge in [-0.25, -0.2) is 14.4 Å². The van der Waals surface area contributed by atoms with Crippen LogP contribution in [0, 0.1) is 5.82 Å². The molecule has 1 saturated heterocycles. The number of alkyl halides is 3. The van der Waals surface area contributed by atoms with E-state index >= 15 is 0 Å². The van der Waals surface area contributed by atoms with Crippen molar-refractivity contribution in [2.75, 3.05) is 31.1 Å². The smallest absolute Gasteiger partial charge is 0.338 e. The van der Waals surface area contributed by atoms with E-state index in [4.69, 9.17) is 0 Å². The van der Waals surface area contributed by atoms with Crippen molar-refractivity contribution in [3.8, 4) is 0 Å². The highest BCUT2D eigenvalue weighted by molar-refractivity contribution is 5.31. The molecule has 5 nitrogen and oxygen atoms in total. The molecule has 1 aliphatic heterocycles. The lowest BCUT2D eigenvalue weighted by Crippen LogP contribution is -2.46. The van der Waals surface area contributed by atoms with E-state index in [0.717, 1.165) is 24.0 Å². The predicted molar refractivity (Wildman–Crippen MR) is 78.7 cm³/mol. The van der Waals surface area contributed by atoms with E-state index in [1.165, 1.54) is 6.07 Å². The molecule has 0 atom stereocenters. The summed E-state index contributed by atoms with van der Waals surface area (Å²) in [5.41, 5.74) is -0.181. The maximum Gasteiger partial charge on any atom is 0.433 e. The van der Waals surface area contributed by atoms with E-state index in [1.54, 1.807) is 11.1 Å². The molecule has 2 aromatic heterocycles. The van der Waals surface area contributed by atoms with Crippen molar-refractivity contribution < 1.29 is 17.6 Å². The average molecular weight is 341 g/mol. The SMILES string of the molecule is Fc1cncc(CN2CCN(c3nccc(C(F)(F)F)n3)CC2)c1. The lowest BCUT2D eigenvalue weighted by Gasteiger charge is -2.34.